The van der Waals surface area contributed by atoms with Crippen molar-refractivity contribution in [3.05, 3.63) is 11.5 Å². The normalized spacial score (nSPS) is 24.7. The van der Waals surface area contributed by atoms with Crippen molar-refractivity contribution < 1.29 is 14.0 Å². The van der Waals surface area contributed by atoms with Gasteiger partial charge in [-0.25, -0.2) is 0 Å². The van der Waals surface area contributed by atoms with Crippen LogP contribution in [0.3, 0.4) is 0 Å². The SMILES string of the molecule is COC/C=C(\C)B1OC(C)(C)C(C)(C)O1. The Balaban J connectivity index is 2.70. The maximum Gasteiger partial charge on any atom is 0.490 e. The van der Waals surface area contributed by atoms with Gasteiger partial charge < -0.3 is 14.0 Å². The van der Waals surface area contributed by atoms with Crippen LogP contribution in [0.2, 0.25) is 0 Å². The predicted molar refractivity (Wildman–Crippen MR) is 61.7 cm³/mol. The molecule has 0 spiro atoms. The summed E-state index contributed by atoms with van der Waals surface area (Å²) in [6.07, 6.45) is 1.99. The van der Waals surface area contributed by atoms with E-state index < -0.39 is 0 Å². The van der Waals surface area contributed by atoms with E-state index in [0.29, 0.717) is 6.61 Å². The summed E-state index contributed by atoms with van der Waals surface area (Å²) in [6.45, 7) is 10.8. The first kappa shape index (κ1) is 12.8. The number of methoxy groups -OCH3 is 1. The predicted octanol–water partition coefficient (Wildman–Crippen LogP) is 2.21. The third-order valence-corrected chi connectivity index (χ3v) is 3.20. The Kier molecular flexibility index (Phi) is 3.64. The minimum Gasteiger partial charge on any atom is -0.400 e. The third kappa shape index (κ3) is 2.62. The monoisotopic (exact) mass is 212 g/mol. The molecule has 15 heavy (non-hydrogen) atoms. The lowest BCUT2D eigenvalue weighted by atomic mass is 9.79. The molecule has 1 heterocycles. The smallest absolute Gasteiger partial charge is 0.400 e. The van der Waals surface area contributed by atoms with Crippen molar-refractivity contribution in [1.82, 2.24) is 0 Å². The third-order valence-electron chi connectivity index (χ3n) is 3.20. The van der Waals surface area contributed by atoms with Gasteiger partial charge >= 0.3 is 7.12 Å². The topological polar surface area (TPSA) is 27.7 Å². The minimum absolute atomic E-state index is 0.245. The first-order valence-corrected chi connectivity index (χ1v) is 5.31. The summed E-state index contributed by atoms with van der Waals surface area (Å²) in [4.78, 5) is 0. The van der Waals surface area contributed by atoms with Crippen molar-refractivity contribution in [3.63, 3.8) is 0 Å². The van der Waals surface area contributed by atoms with Crippen LogP contribution >= 0.6 is 0 Å². The van der Waals surface area contributed by atoms with E-state index in [1.807, 2.05) is 13.0 Å². The first-order chi connectivity index (χ1) is 6.80. The second kappa shape index (κ2) is 4.28. The van der Waals surface area contributed by atoms with Crippen LogP contribution in [0.4, 0.5) is 0 Å². The molecule has 0 bridgehead atoms. The van der Waals surface area contributed by atoms with Crippen LogP contribution < -0.4 is 0 Å². The zero-order chi connectivity index (χ0) is 11.7. The van der Waals surface area contributed by atoms with E-state index in [9.17, 15) is 0 Å². The van der Waals surface area contributed by atoms with Gasteiger partial charge in [-0.3, -0.25) is 0 Å². The quantitative estimate of drug-likeness (QED) is 0.671. The molecule has 1 aliphatic rings. The highest BCUT2D eigenvalue weighted by Gasteiger charge is 2.51. The van der Waals surface area contributed by atoms with E-state index in [0.717, 1.165) is 5.47 Å². The van der Waals surface area contributed by atoms with Crippen LogP contribution in [0.5, 0.6) is 0 Å². The molecule has 86 valence electrons. The van der Waals surface area contributed by atoms with Crippen LogP contribution in [-0.4, -0.2) is 32.0 Å². The molecule has 0 unspecified atom stereocenters. The highest BCUT2D eigenvalue weighted by molar-refractivity contribution is 6.54. The lowest BCUT2D eigenvalue weighted by Crippen LogP contribution is -2.41. The highest BCUT2D eigenvalue weighted by atomic mass is 16.7. The number of allylic oxidation sites excluding steroid dienone is 1. The van der Waals surface area contributed by atoms with Crippen molar-refractivity contribution >= 4 is 7.12 Å². The standard InChI is InChI=1S/C11H21BO3/c1-9(7-8-13-6)12-14-10(2,3)11(4,5)15-12/h7H,8H2,1-6H3/b9-7+. The lowest BCUT2D eigenvalue weighted by molar-refractivity contribution is 0.00578. The molecular formula is C11H21BO3. The van der Waals surface area contributed by atoms with E-state index in [4.69, 9.17) is 14.0 Å². The molecule has 3 nitrogen and oxygen atoms in total. The van der Waals surface area contributed by atoms with Gasteiger partial charge in [0, 0.05) is 7.11 Å². The van der Waals surface area contributed by atoms with Gasteiger partial charge in [-0.05, 0) is 40.1 Å². The highest BCUT2D eigenvalue weighted by Crippen LogP contribution is 2.38. The van der Waals surface area contributed by atoms with E-state index in [1.165, 1.54) is 0 Å². The molecule has 0 radical (unpaired) electrons. The Morgan fingerprint density at radius 2 is 1.67 bits per heavy atom. The molecule has 1 aliphatic heterocycles. The molecule has 0 aromatic rings. The van der Waals surface area contributed by atoms with Crippen molar-refractivity contribution in [3.8, 4) is 0 Å². The Hall–Kier alpha value is -0.315. The van der Waals surface area contributed by atoms with Crippen molar-refractivity contribution in [2.75, 3.05) is 13.7 Å². The fourth-order valence-corrected chi connectivity index (χ4v) is 1.34. The first-order valence-electron chi connectivity index (χ1n) is 5.31. The zero-order valence-corrected chi connectivity index (χ0v) is 10.6. The molecule has 1 saturated heterocycles. The van der Waals surface area contributed by atoms with Crippen LogP contribution in [0.1, 0.15) is 34.6 Å². The Morgan fingerprint density at radius 3 is 2.07 bits per heavy atom. The fraction of sp³-hybridized carbons (Fsp3) is 0.818. The molecule has 0 saturated carbocycles. The summed E-state index contributed by atoms with van der Waals surface area (Å²) >= 11 is 0. The Labute approximate surface area is 92.9 Å². The molecule has 4 heteroatoms. The Morgan fingerprint density at radius 1 is 1.20 bits per heavy atom. The molecule has 0 amide bonds. The second-order valence-electron chi connectivity index (χ2n) is 4.99. The zero-order valence-electron chi connectivity index (χ0n) is 10.6. The van der Waals surface area contributed by atoms with Gasteiger partial charge in [0.15, 0.2) is 0 Å². The largest absolute Gasteiger partial charge is 0.490 e. The molecule has 1 fully saturated rings. The van der Waals surface area contributed by atoms with Gasteiger partial charge in [-0.1, -0.05) is 6.08 Å². The van der Waals surface area contributed by atoms with E-state index in [1.54, 1.807) is 7.11 Å². The summed E-state index contributed by atoms with van der Waals surface area (Å²) < 4.78 is 16.7. The number of rotatable bonds is 3. The Bertz CT molecular complexity index is 243. The fourth-order valence-electron chi connectivity index (χ4n) is 1.34. The minimum atomic E-state index is -0.264. The van der Waals surface area contributed by atoms with Gasteiger partial charge in [0.05, 0.1) is 17.8 Å². The van der Waals surface area contributed by atoms with Crippen LogP contribution in [0, 0.1) is 0 Å². The van der Waals surface area contributed by atoms with E-state index in [-0.39, 0.29) is 18.3 Å². The van der Waals surface area contributed by atoms with Gasteiger partial charge in [-0.2, -0.15) is 0 Å². The number of hydrogen-bond acceptors (Lipinski definition) is 3. The van der Waals surface area contributed by atoms with E-state index >= 15 is 0 Å². The second-order valence-corrected chi connectivity index (χ2v) is 4.99. The summed E-state index contributed by atoms with van der Waals surface area (Å²) in [5, 5.41) is 0. The van der Waals surface area contributed by atoms with Crippen molar-refractivity contribution in [1.29, 1.82) is 0 Å². The summed E-state index contributed by atoms with van der Waals surface area (Å²) in [6, 6.07) is 0. The maximum absolute atomic E-state index is 5.88. The van der Waals surface area contributed by atoms with Crippen LogP contribution in [0.15, 0.2) is 11.5 Å². The molecule has 1 rings (SSSR count). The van der Waals surface area contributed by atoms with Crippen LogP contribution in [-0.2, 0) is 14.0 Å². The molecule has 0 atom stereocenters. The van der Waals surface area contributed by atoms with Gasteiger partial charge in [-0.15, -0.1) is 0 Å². The van der Waals surface area contributed by atoms with Crippen LogP contribution in [0.25, 0.3) is 0 Å². The average Bonchev–Trinajstić information content (AvgIpc) is 2.32. The number of hydrogen-bond donors (Lipinski definition) is 0. The maximum atomic E-state index is 5.88. The van der Waals surface area contributed by atoms with Crippen molar-refractivity contribution in [2.45, 2.75) is 45.8 Å². The van der Waals surface area contributed by atoms with Gasteiger partial charge in [0.1, 0.15) is 0 Å². The van der Waals surface area contributed by atoms with Gasteiger partial charge in [0.25, 0.3) is 0 Å². The van der Waals surface area contributed by atoms with Crippen molar-refractivity contribution in [2.24, 2.45) is 0 Å². The molecule has 0 aliphatic carbocycles. The summed E-state index contributed by atoms with van der Waals surface area (Å²) in [5.41, 5.74) is 0.537. The summed E-state index contributed by atoms with van der Waals surface area (Å²) in [5.74, 6) is 0. The van der Waals surface area contributed by atoms with E-state index in [2.05, 4.69) is 27.7 Å². The number of ether oxygens (including phenoxy) is 1. The molecule has 0 N–H and O–H groups in total. The molecule has 0 aromatic heterocycles. The molecular weight excluding hydrogens is 191 g/mol. The summed E-state index contributed by atoms with van der Waals surface area (Å²) in [7, 11) is 1.43. The average molecular weight is 212 g/mol. The van der Waals surface area contributed by atoms with Gasteiger partial charge in [0.2, 0.25) is 0 Å². The lowest BCUT2D eigenvalue weighted by Gasteiger charge is -2.32. The molecule has 0 aromatic carbocycles.